The van der Waals surface area contributed by atoms with E-state index >= 15 is 0 Å². The number of anilines is 1. The monoisotopic (exact) mass is 669 g/mol. The molecule has 0 spiro atoms. The Hall–Kier alpha value is -5.05. The number of imidazole rings is 1. The Labute approximate surface area is 271 Å². The van der Waals surface area contributed by atoms with Crippen molar-refractivity contribution in [2.45, 2.75) is 51.4 Å². The third kappa shape index (κ3) is 5.71. The number of hydrazone groups is 1. The zero-order valence-corrected chi connectivity index (χ0v) is 26.0. The van der Waals surface area contributed by atoms with Gasteiger partial charge in [-0.1, -0.05) is 6.07 Å². The molecule has 1 N–H and O–H groups in total. The van der Waals surface area contributed by atoms with Crippen molar-refractivity contribution < 1.29 is 46.4 Å². The summed E-state index contributed by atoms with van der Waals surface area (Å²) in [5, 5.41) is 16.2. The lowest BCUT2D eigenvalue weighted by atomic mass is 10.0. The summed E-state index contributed by atoms with van der Waals surface area (Å²) in [7, 11) is 0. The molecule has 0 bridgehead atoms. The smallest absolute Gasteiger partial charge is 0.416 e. The maximum absolute atomic E-state index is 14.9. The summed E-state index contributed by atoms with van der Waals surface area (Å²) >= 11 is 0. The first-order valence-corrected chi connectivity index (χ1v) is 15.4. The fraction of sp³-hybridized carbons (Fsp3) is 0.364. The molecule has 1 unspecified atom stereocenters. The first-order chi connectivity index (χ1) is 22.9. The summed E-state index contributed by atoms with van der Waals surface area (Å²) in [5.74, 6) is -2.20. The van der Waals surface area contributed by atoms with Crippen molar-refractivity contribution in [3.8, 4) is 17.2 Å². The molecule has 3 aliphatic heterocycles. The second-order valence-corrected chi connectivity index (χ2v) is 11.8. The number of carboxylic acid groups (broad SMARTS) is 1. The maximum Gasteiger partial charge on any atom is 0.416 e. The van der Waals surface area contributed by atoms with Crippen LogP contribution in [0.3, 0.4) is 0 Å². The molecule has 1 aromatic heterocycles. The molecule has 7 rings (SSSR count). The van der Waals surface area contributed by atoms with Gasteiger partial charge in [0.25, 0.3) is 5.79 Å². The van der Waals surface area contributed by atoms with Gasteiger partial charge in [-0.25, -0.2) is 14.2 Å². The highest BCUT2D eigenvalue weighted by Gasteiger charge is 2.44. The van der Waals surface area contributed by atoms with Gasteiger partial charge in [-0.3, -0.25) is 5.01 Å². The quantitative estimate of drug-likeness (QED) is 0.215. The lowest BCUT2D eigenvalue weighted by molar-refractivity contribution is -0.138. The number of halogens is 4. The van der Waals surface area contributed by atoms with E-state index in [1.165, 1.54) is 13.0 Å². The fourth-order valence-electron chi connectivity index (χ4n) is 6.03. The topological polar surface area (TPSA) is 111 Å². The van der Waals surface area contributed by atoms with E-state index in [4.69, 9.17) is 23.9 Å². The molecule has 2 atom stereocenters. The van der Waals surface area contributed by atoms with Crippen molar-refractivity contribution in [3.05, 3.63) is 76.9 Å². The van der Waals surface area contributed by atoms with Gasteiger partial charge in [0.15, 0.2) is 11.5 Å². The van der Waals surface area contributed by atoms with E-state index in [9.17, 15) is 27.5 Å². The standard InChI is InChI=1S/C33H31F4N5O6/c1-3-45-27-14-19(31(43)44)13-25-29(27)39-28(42(25)16-21-9-12-46-21)17-41-11-10-40(18-38-41)24-5-4-6-26-30(24)48-32(2,47-26)22-8-7-20(15-23(22)34)33(35,36)37/h4-8,13-15,18,21H,3,9-12,16-17H2,1-2H3,(H,43,44)/t21-,32?/m0/s1. The number of hydrogen-bond donors (Lipinski definition) is 1. The van der Waals surface area contributed by atoms with Gasteiger partial charge >= 0.3 is 12.1 Å². The summed E-state index contributed by atoms with van der Waals surface area (Å²) in [5.41, 5.74) is 0.598. The number of carboxylic acids is 1. The van der Waals surface area contributed by atoms with Gasteiger partial charge in [-0.2, -0.15) is 18.3 Å². The van der Waals surface area contributed by atoms with Gasteiger partial charge < -0.3 is 33.5 Å². The van der Waals surface area contributed by atoms with Crippen LogP contribution in [0.25, 0.3) is 11.0 Å². The molecule has 0 radical (unpaired) electrons. The van der Waals surface area contributed by atoms with Crippen LogP contribution >= 0.6 is 0 Å². The normalized spacial score (nSPS) is 20.3. The number of para-hydroxylation sites is 1. The van der Waals surface area contributed by atoms with Crippen molar-refractivity contribution in [1.82, 2.24) is 14.6 Å². The number of aromatic carboxylic acids is 1. The van der Waals surface area contributed by atoms with Crippen LogP contribution in [0.1, 0.15) is 47.6 Å². The Morgan fingerprint density at radius 2 is 1.96 bits per heavy atom. The molecule has 252 valence electrons. The number of rotatable bonds is 9. The molecule has 3 aromatic carbocycles. The Morgan fingerprint density at radius 1 is 1.15 bits per heavy atom. The van der Waals surface area contributed by atoms with E-state index in [-0.39, 0.29) is 17.2 Å². The average Bonchev–Trinajstić information content (AvgIpc) is 3.55. The summed E-state index contributed by atoms with van der Waals surface area (Å²) < 4.78 is 79.8. The number of alkyl halides is 3. The van der Waals surface area contributed by atoms with E-state index in [0.29, 0.717) is 85.3 Å². The number of hydrogen-bond acceptors (Lipinski definition) is 9. The molecule has 11 nitrogen and oxygen atoms in total. The van der Waals surface area contributed by atoms with Crippen molar-refractivity contribution in [3.63, 3.8) is 0 Å². The van der Waals surface area contributed by atoms with E-state index < -0.39 is 29.3 Å². The molecule has 0 aliphatic carbocycles. The van der Waals surface area contributed by atoms with Gasteiger partial charge in [0.2, 0.25) is 0 Å². The predicted octanol–water partition coefficient (Wildman–Crippen LogP) is 5.99. The highest BCUT2D eigenvalue weighted by atomic mass is 19.4. The van der Waals surface area contributed by atoms with Crippen LogP contribution in [0, 0.1) is 5.82 Å². The third-order valence-corrected chi connectivity index (χ3v) is 8.56. The number of ether oxygens (including phenoxy) is 4. The molecule has 1 saturated heterocycles. The van der Waals surface area contributed by atoms with Gasteiger partial charge in [-0.05, 0) is 55.8 Å². The van der Waals surface area contributed by atoms with Crippen LogP contribution in [0.5, 0.6) is 17.2 Å². The zero-order chi connectivity index (χ0) is 33.8. The van der Waals surface area contributed by atoms with E-state index in [0.717, 1.165) is 18.6 Å². The molecule has 48 heavy (non-hydrogen) atoms. The van der Waals surface area contributed by atoms with Crippen LogP contribution in [0.15, 0.2) is 53.6 Å². The van der Waals surface area contributed by atoms with E-state index in [1.807, 2.05) is 21.4 Å². The second-order valence-electron chi connectivity index (χ2n) is 11.8. The summed E-state index contributed by atoms with van der Waals surface area (Å²) in [6, 6.07) is 10.5. The van der Waals surface area contributed by atoms with Crippen LogP contribution in [0.4, 0.5) is 23.2 Å². The number of carbonyl (C=O) groups is 1. The fourth-order valence-corrected chi connectivity index (χ4v) is 6.03. The Morgan fingerprint density at radius 3 is 2.60 bits per heavy atom. The SMILES string of the molecule is CCOc1cc(C(=O)O)cc2c1nc(CN1CCN(c3cccc4c3OC(C)(c3ccc(C(F)(F)F)cc3F)O4)C=N1)n2C[C@@H]1CCO1. The molecule has 15 heteroatoms. The molecule has 0 saturated carbocycles. The Bertz CT molecular complexity index is 1930. The number of fused-ring (bicyclic) bond motifs is 2. The Balaban J connectivity index is 1.13. The Kier molecular flexibility index (Phi) is 7.81. The van der Waals surface area contributed by atoms with Crippen molar-refractivity contribution in [2.75, 3.05) is 31.2 Å². The van der Waals surface area contributed by atoms with E-state index in [2.05, 4.69) is 5.10 Å². The molecule has 4 heterocycles. The highest BCUT2D eigenvalue weighted by Crippen LogP contribution is 2.50. The van der Waals surface area contributed by atoms with Gasteiger partial charge in [0.05, 0.1) is 60.2 Å². The highest BCUT2D eigenvalue weighted by molar-refractivity contribution is 5.95. The first-order valence-electron chi connectivity index (χ1n) is 15.4. The van der Waals surface area contributed by atoms with Gasteiger partial charge in [0.1, 0.15) is 29.2 Å². The largest absolute Gasteiger partial charge is 0.492 e. The maximum atomic E-state index is 14.9. The van der Waals surface area contributed by atoms with Crippen molar-refractivity contribution >= 4 is 29.0 Å². The number of aromatic nitrogens is 2. The summed E-state index contributed by atoms with van der Waals surface area (Å²) in [4.78, 5) is 18.6. The van der Waals surface area contributed by atoms with Crippen LogP contribution in [-0.2, 0) is 29.8 Å². The minimum Gasteiger partial charge on any atom is -0.492 e. The summed E-state index contributed by atoms with van der Waals surface area (Å²) in [6.45, 7) is 6.02. The molecular weight excluding hydrogens is 638 g/mol. The second kappa shape index (κ2) is 11.9. The predicted molar refractivity (Wildman–Crippen MR) is 165 cm³/mol. The van der Waals surface area contributed by atoms with Crippen LogP contribution in [-0.4, -0.2) is 64.4 Å². The number of nitrogens with zero attached hydrogens (tertiary/aromatic N) is 5. The van der Waals surface area contributed by atoms with Gasteiger partial charge in [-0.15, -0.1) is 0 Å². The minimum absolute atomic E-state index is 0.0188. The molecule has 0 amide bonds. The molecular formula is C33H31F4N5O6. The minimum atomic E-state index is -4.69. The third-order valence-electron chi connectivity index (χ3n) is 8.56. The first kappa shape index (κ1) is 31.5. The van der Waals surface area contributed by atoms with Crippen molar-refractivity contribution in [2.24, 2.45) is 5.10 Å². The lowest BCUT2D eigenvalue weighted by Crippen LogP contribution is -2.38. The molecule has 3 aliphatic rings. The van der Waals surface area contributed by atoms with Crippen LogP contribution in [0.2, 0.25) is 0 Å². The zero-order valence-electron chi connectivity index (χ0n) is 26.0. The summed E-state index contributed by atoms with van der Waals surface area (Å²) in [6.07, 6.45) is -2.21. The lowest BCUT2D eigenvalue weighted by Gasteiger charge is -2.31. The average molecular weight is 670 g/mol. The molecule has 4 aromatic rings. The van der Waals surface area contributed by atoms with E-state index in [1.54, 1.807) is 30.6 Å². The van der Waals surface area contributed by atoms with Crippen LogP contribution < -0.4 is 19.1 Å². The number of benzene rings is 3. The van der Waals surface area contributed by atoms with Crippen molar-refractivity contribution in [1.29, 1.82) is 0 Å². The van der Waals surface area contributed by atoms with Gasteiger partial charge in [0, 0.05) is 20.1 Å². The molecule has 1 fully saturated rings.